The molecule has 0 unspecified atom stereocenters. The predicted molar refractivity (Wildman–Crippen MR) is 135 cm³/mol. The van der Waals surface area contributed by atoms with Crippen molar-refractivity contribution in [3.05, 3.63) is 69.6 Å². The second kappa shape index (κ2) is 9.48. The van der Waals surface area contributed by atoms with Gasteiger partial charge in [0.1, 0.15) is 11.5 Å². The predicted octanol–water partition coefficient (Wildman–Crippen LogP) is 6.12. The number of hydrogen-bond acceptors (Lipinski definition) is 5. The highest BCUT2D eigenvalue weighted by Gasteiger charge is 2.36. The lowest BCUT2D eigenvalue weighted by molar-refractivity contribution is -0.137. The van der Waals surface area contributed by atoms with Crippen molar-refractivity contribution in [3.8, 4) is 0 Å². The van der Waals surface area contributed by atoms with Crippen molar-refractivity contribution in [2.75, 3.05) is 16.8 Å². The molecule has 196 valence electrons. The van der Waals surface area contributed by atoms with Crippen LogP contribution in [0.4, 0.5) is 24.7 Å². The molecular formula is C26H27ClF3N5O2. The summed E-state index contributed by atoms with van der Waals surface area (Å²) in [7, 11) is 0. The van der Waals surface area contributed by atoms with Crippen molar-refractivity contribution >= 4 is 34.8 Å². The molecule has 3 aromatic rings. The Morgan fingerprint density at radius 1 is 1.19 bits per heavy atom. The van der Waals surface area contributed by atoms with Gasteiger partial charge in [-0.25, -0.2) is 4.98 Å². The maximum Gasteiger partial charge on any atom is 0.417 e. The number of benzene rings is 1. The molecule has 1 aliphatic rings. The van der Waals surface area contributed by atoms with E-state index in [-0.39, 0.29) is 41.7 Å². The Kier molecular flexibility index (Phi) is 6.83. The number of hydrogen-bond donors (Lipinski definition) is 1. The van der Waals surface area contributed by atoms with Crippen LogP contribution in [0, 0.1) is 6.92 Å². The lowest BCUT2D eigenvalue weighted by Gasteiger charge is -2.32. The first-order valence-electron chi connectivity index (χ1n) is 11.7. The zero-order valence-electron chi connectivity index (χ0n) is 21.1. The van der Waals surface area contributed by atoms with E-state index in [4.69, 9.17) is 11.6 Å². The Morgan fingerprint density at radius 3 is 2.49 bits per heavy atom. The van der Waals surface area contributed by atoms with Crippen molar-refractivity contribution in [1.29, 1.82) is 0 Å². The van der Waals surface area contributed by atoms with Crippen LogP contribution < -0.4 is 10.2 Å². The number of fused-ring (bicyclic) bond motifs is 1. The van der Waals surface area contributed by atoms with Gasteiger partial charge in [-0.3, -0.25) is 14.3 Å². The SMILES string of the molecule is Cc1cc(C(=O)Cc2cnn3c2C(=O)N(c2ccc(C(F)(F)F)c(Cl)c2)C[C@@H]3C)cnc1NC(C)(C)C. The van der Waals surface area contributed by atoms with Gasteiger partial charge in [0.05, 0.1) is 22.8 Å². The number of aromatic nitrogens is 3. The van der Waals surface area contributed by atoms with Gasteiger partial charge in [-0.15, -0.1) is 0 Å². The molecule has 1 amide bonds. The Balaban J connectivity index is 1.60. The van der Waals surface area contributed by atoms with Gasteiger partial charge in [0.2, 0.25) is 0 Å². The zero-order chi connectivity index (χ0) is 27.3. The number of Topliss-reactive ketones (excluding diaryl/α,β-unsaturated/α-hetero) is 1. The number of carbonyl (C=O) groups excluding carboxylic acids is 2. The normalized spacial score (nSPS) is 16.1. The number of aryl methyl sites for hydroxylation is 1. The van der Waals surface area contributed by atoms with Gasteiger partial charge in [0.25, 0.3) is 5.91 Å². The van der Waals surface area contributed by atoms with Crippen LogP contribution in [-0.2, 0) is 12.6 Å². The average Bonchev–Trinajstić information content (AvgIpc) is 3.20. The molecule has 0 fully saturated rings. The fourth-order valence-corrected chi connectivity index (χ4v) is 4.54. The van der Waals surface area contributed by atoms with Gasteiger partial charge >= 0.3 is 6.18 Å². The quantitative estimate of drug-likeness (QED) is 0.400. The maximum absolute atomic E-state index is 13.5. The monoisotopic (exact) mass is 533 g/mol. The Morgan fingerprint density at radius 2 is 1.89 bits per heavy atom. The molecule has 11 heteroatoms. The molecular weight excluding hydrogens is 507 g/mol. The van der Waals surface area contributed by atoms with E-state index in [0.717, 1.165) is 17.7 Å². The highest BCUT2D eigenvalue weighted by molar-refractivity contribution is 6.31. The van der Waals surface area contributed by atoms with Crippen LogP contribution in [0.1, 0.15) is 71.3 Å². The molecule has 0 bridgehead atoms. The molecule has 2 aromatic heterocycles. The topological polar surface area (TPSA) is 80.1 Å². The minimum atomic E-state index is -4.60. The van der Waals surface area contributed by atoms with Crippen LogP contribution >= 0.6 is 11.6 Å². The number of amides is 1. The summed E-state index contributed by atoms with van der Waals surface area (Å²) in [5.41, 5.74) is 0.937. The molecule has 0 spiro atoms. The zero-order valence-corrected chi connectivity index (χ0v) is 21.8. The fourth-order valence-electron chi connectivity index (χ4n) is 4.26. The average molecular weight is 534 g/mol. The van der Waals surface area contributed by atoms with E-state index in [0.29, 0.717) is 16.9 Å². The lowest BCUT2D eigenvalue weighted by atomic mass is 10.0. The third kappa shape index (κ3) is 5.49. The highest BCUT2D eigenvalue weighted by Crippen LogP contribution is 2.38. The number of nitrogens with zero attached hydrogens (tertiary/aromatic N) is 4. The molecule has 37 heavy (non-hydrogen) atoms. The van der Waals surface area contributed by atoms with Crippen LogP contribution in [-0.4, -0.2) is 38.5 Å². The molecule has 4 rings (SSSR count). The molecule has 1 N–H and O–H groups in total. The molecule has 1 atom stereocenters. The number of pyridine rings is 1. The van der Waals surface area contributed by atoms with Gasteiger partial charge in [0.15, 0.2) is 5.78 Å². The summed E-state index contributed by atoms with van der Waals surface area (Å²) in [4.78, 5) is 32.3. The molecule has 0 saturated heterocycles. The second-order valence-corrected chi connectivity index (χ2v) is 10.7. The minimum Gasteiger partial charge on any atom is -0.365 e. The summed E-state index contributed by atoms with van der Waals surface area (Å²) in [6.45, 7) is 9.91. The van der Waals surface area contributed by atoms with E-state index < -0.39 is 22.7 Å². The Bertz CT molecular complexity index is 1380. The first kappa shape index (κ1) is 26.7. The third-order valence-corrected chi connectivity index (χ3v) is 6.31. The number of anilines is 2. The first-order chi connectivity index (χ1) is 17.2. The number of rotatable bonds is 5. The van der Waals surface area contributed by atoms with Crippen LogP contribution in [0.2, 0.25) is 5.02 Å². The van der Waals surface area contributed by atoms with Gasteiger partial charge in [-0.2, -0.15) is 18.3 Å². The van der Waals surface area contributed by atoms with Crippen LogP contribution in [0.15, 0.2) is 36.7 Å². The molecule has 0 radical (unpaired) electrons. The van der Waals surface area contributed by atoms with E-state index in [1.54, 1.807) is 10.7 Å². The smallest absolute Gasteiger partial charge is 0.365 e. The summed E-state index contributed by atoms with van der Waals surface area (Å²) >= 11 is 5.89. The van der Waals surface area contributed by atoms with Crippen LogP contribution in [0.3, 0.4) is 0 Å². The van der Waals surface area contributed by atoms with Gasteiger partial charge < -0.3 is 10.2 Å². The van der Waals surface area contributed by atoms with E-state index >= 15 is 0 Å². The summed E-state index contributed by atoms with van der Waals surface area (Å²) < 4.78 is 41.0. The number of halogens is 4. The molecule has 1 aliphatic heterocycles. The van der Waals surface area contributed by atoms with E-state index in [1.165, 1.54) is 23.4 Å². The fraction of sp³-hybridized carbons (Fsp3) is 0.385. The minimum absolute atomic E-state index is 0.0808. The summed E-state index contributed by atoms with van der Waals surface area (Å²) in [5, 5.41) is 7.11. The number of carbonyl (C=O) groups is 2. The van der Waals surface area contributed by atoms with Crippen molar-refractivity contribution in [2.45, 2.75) is 58.8 Å². The van der Waals surface area contributed by atoms with E-state index in [1.807, 2.05) is 34.6 Å². The van der Waals surface area contributed by atoms with Crippen LogP contribution in [0.5, 0.6) is 0 Å². The van der Waals surface area contributed by atoms with Crippen molar-refractivity contribution in [2.24, 2.45) is 0 Å². The molecule has 0 saturated carbocycles. The van der Waals surface area contributed by atoms with Crippen LogP contribution in [0.25, 0.3) is 0 Å². The number of ketones is 1. The van der Waals surface area contributed by atoms with Gasteiger partial charge in [-0.1, -0.05) is 11.6 Å². The largest absolute Gasteiger partial charge is 0.417 e. The highest BCUT2D eigenvalue weighted by atomic mass is 35.5. The third-order valence-electron chi connectivity index (χ3n) is 6.00. The molecule has 1 aromatic carbocycles. The van der Waals surface area contributed by atoms with E-state index in [9.17, 15) is 22.8 Å². The molecule has 0 aliphatic carbocycles. The van der Waals surface area contributed by atoms with Crippen molar-refractivity contribution < 1.29 is 22.8 Å². The van der Waals surface area contributed by atoms with Gasteiger partial charge in [-0.05, 0) is 64.4 Å². The standard InChI is InChI=1S/C26H27ClF3N5O2/c1-14-8-16(11-31-23(14)33-25(3,4)5)21(36)9-17-12-32-35-15(2)13-34(24(37)22(17)35)18-6-7-19(20(27)10-18)26(28,29)30/h6-8,10-12,15H,9,13H2,1-5H3,(H,31,33)/t15-/m0/s1. The summed E-state index contributed by atoms with van der Waals surface area (Å²) in [5.74, 6) is -0.0149. The maximum atomic E-state index is 13.5. The number of nitrogens with one attached hydrogen (secondary N) is 1. The molecule has 7 nitrogen and oxygen atoms in total. The van der Waals surface area contributed by atoms with Crippen molar-refractivity contribution in [3.63, 3.8) is 0 Å². The molecule has 3 heterocycles. The Hall–Kier alpha value is -3.40. The number of alkyl halides is 3. The van der Waals surface area contributed by atoms with Gasteiger partial charge in [0, 0.05) is 41.5 Å². The second-order valence-electron chi connectivity index (χ2n) is 10.3. The summed E-state index contributed by atoms with van der Waals surface area (Å²) in [6.07, 6.45) is -1.70. The van der Waals surface area contributed by atoms with Crippen molar-refractivity contribution in [1.82, 2.24) is 14.8 Å². The van der Waals surface area contributed by atoms with E-state index in [2.05, 4.69) is 15.4 Å². The lowest BCUT2D eigenvalue weighted by Crippen LogP contribution is -2.43. The first-order valence-corrected chi connectivity index (χ1v) is 12.1. The summed E-state index contributed by atoms with van der Waals surface area (Å²) in [6, 6.07) is 4.69. The Labute approximate surface area is 217 Å².